The summed E-state index contributed by atoms with van der Waals surface area (Å²) < 4.78 is 23.4. The lowest BCUT2D eigenvalue weighted by Crippen LogP contribution is -2.14. The molecule has 0 aliphatic heterocycles. The van der Waals surface area contributed by atoms with Crippen LogP contribution in [0.1, 0.15) is 0 Å². The number of carbonyl (C=O) groups is 1. The van der Waals surface area contributed by atoms with Crippen LogP contribution in [0.15, 0.2) is 59.6 Å². The van der Waals surface area contributed by atoms with Gasteiger partial charge in [0.15, 0.2) is 11.5 Å². The van der Waals surface area contributed by atoms with Gasteiger partial charge in [0.25, 0.3) is 0 Å². The first-order valence-electron chi connectivity index (χ1n) is 8.33. The number of benzene rings is 2. The minimum atomic E-state index is -0.350. The van der Waals surface area contributed by atoms with E-state index in [0.717, 1.165) is 5.56 Å². The summed E-state index contributed by atoms with van der Waals surface area (Å²) in [5.74, 6) is 0.859. The summed E-state index contributed by atoms with van der Waals surface area (Å²) in [4.78, 5) is 12.0. The van der Waals surface area contributed by atoms with Crippen LogP contribution in [-0.4, -0.2) is 36.1 Å². The second-order valence-corrected chi connectivity index (χ2v) is 6.67. The summed E-state index contributed by atoms with van der Waals surface area (Å²) in [6.07, 6.45) is 0. The van der Waals surface area contributed by atoms with Crippen molar-refractivity contribution in [2.75, 3.05) is 25.3 Å². The quantitative estimate of drug-likeness (QED) is 0.605. The molecule has 0 radical (unpaired) electrons. The van der Waals surface area contributed by atoms with Crippen molar-refractivity contribution in [3.63, 3.8) is 0 Å². The summed E-state index contributed by atoms with van der Waals surface area (Å²) in [6.45, 7) is 0. The van der Waals surface area contributed by atoms with Crippen LogP contribution < -0.4 is 14.8 Å². The van der Waals surface area contributed by atoms with E-state index in [0.29, 0.717) is 27.9 Å². The molecule has 2 aromatic carbocycles. The number of amides is 1. The Hall–Kier alpha value is -3.13. The van der Waals surface area contributed by atoms with Gasteiger partial charge in [0, 0.05) is 11.3 Å². The van der Waals surface area contributed by atoms with Crippen molar-refractivity contribution in [1.29, 1.82) is 0 Å². The fourth-order valence-electron chi connectivity index (χ4n) is 2.42. The van der Waals surface area contributed by atoms with E-state index < -0.39 is 0 Å². The highest BCUT2D eigenvalue weighted by atomic mass is 32.2. The zero-order valence-corrected chi connectivity index (χ0v) is 16.1. The zero-order valence-electron chi connectivity index (χ0n) is 15.3. The molecule has 6 nitrogen and oxygen atoms in total. The van der Waals surface area contributed by atoms with E-state index in [1.165, 1.54) is 36.0 Å². The molecule has 0 aliphatic rings. The average molecular weight is 399 g/mol. The number of rotatable bonds is 7. The van der Waals surface area contributed by atoms with Crippen LogP contribution in [0.4, 0.5) is 10.1 Å². The minimum absolute atomic E-state index is 0.168. The van der Waals surface area contributed by atoms with Crippen molar-refractivity contribution < 1.29 is 18.7 Å². The topological polar surface area (TPSA) is 73.3 Å². The lowest BCUT2D eigenvalue weighted by Gasteiger charge is -2.09. The van der Waals surface area contributed by atoms with Gasteiger partial charge in [0.2, 0.25) is 5.91 Å². The number of hydrogen-bond acceptors (Lipinski definition) is 6. The molecule has 144 valence electrons. The van der Waals surface area contributed by atoms with Crippen molar-refractivity contribution in [3.05, 3.63) is 60.4 Å². The van der Waals surface area contributed by atoms with Crippen LogP contribution in [-0.2, 0) is 4.79 Å². The molecule has 0 fully saturated rings. The van der Waals surface area contributed by atoms with Crippen LogP contribution in [0.5, 0.6) is 11.5 Å². The van der Waals surface area contributed by atoms with E-state index in [-0.39, 0.29) is 17.5 Å². The van der Waals surface area contributed by atoms with Gasteiger partial charge in [0.1, 0.15) is 10.8 Å². The average Bonchev–Trinajstić information content (AvgIpc) is 2.73. The molecule has 0 bridgehead atoms. The largest absolute Gasteiger partial charge is 0.493 e. The van der Waals surface area contributed by atoms with Crippen LogP contribution >= 0.6 is 11.8 Å². The summed E-state index contributed by atoms with van der Waals surface area (Å²) >= 11 is 1.26. The van der Waals surface area contributed by atoms with Crippen LogP contribution in [0.2, 0.25) is 0 Å². The van der Waals surface area contributed by atoms with Gasteiger partial charge >= 0.3 is 0 Å². The van der Waals surface area contributed by atoms with Gasteiger partial charge in [-0.15, -0.1) is 10.2 Å². The van der Waals surface area contributed by atoms with Crippen molar-refractivity contribution in [2.45, 2.75) is 5.03 Å². The second-order valence-electron chi connectivity index (χ2n) is 5.67. The number of hydrogen-bond donors (Lipinski definition) is 1. The fraction of sp³-hybridized carbons (Fsp3) is 0.150. The SMILES string of the molecule is COc1ccc(-c2ccc(SCC(=O)Nc3ccc(F)cc3)nn2)cc1OC. The maximum absolute atomic E-state index is 12.9. The van der Waals surface area contributed by atoms with Gasteiger partial charge in [-0.25, -0.2) is 4.39 Å². The summed E-state index contributed by atoms with van der Waals surface area (Å²) in [6, 6.07) is 14.7. The van der Waals surface area contributed by atoms with Gasteiger partial charge in [-0.05, 0) is 54.6 Å². The third kappa shape index (κ3) is 4.98. The summed E-state index contributed by atoms with van der Waals surface area (Å²) in [5.41, 5.74) is 2.07. The predicted molar refractivity (Wildman–Crippen MR) is 106 cm³/mol. The van der Waals surface area contributed by atoms with E-state index in [9.17, 15) is 9.18 Å². The maximum Gasteiger partial charge on any atom is 0.234 e. The molecule has 0 aliphatic carbocycles. The third-order valence-corrected chi connectivity index (χ3v) is 4.72. The molecule has 1 heterocycles. The Bertz CT molecular complexity index is 950. The Morgan fingerprint density at radius 2 is 1.75 bits per heavy atom. The molecule has 0 saturated carbocycles. The molecular formula is C20H18FN3O3S. The minimum Gasteiger partial charge on any atom is -0.493 e. The van der Waals surface area contributed by atoms with Crippen LogP contribution in [0.3, 0.4) is 0 Å². The van der Waals surface area contributed by atoms with E-state index in [4.69, 9.17) is 9.47 Å². The molecular weight excluding hydrogens is 381 g/mol. The molecule has 0 spiro atoms. The Labute approximate surface area is 166 Å². The first-order valence-corrected chi connectivity index (χ1v) is 9.32. The number of aromatic nitrogens is 2. The normalized spacial score (nSPS) is 10.4. The molecule has 1 aromatic heterocycles. The van der Waals surface area contributed by atoms with E-state index in [2.05, 4.69) is 15.5 Å². The molecule has 0 unspecified atom stereocenters. The molecule has 8 heteroatoms. The van der Waals surface area contributed by atoms with Gasteiger partial charge in [-0.2, -0.15) is 0 Å². The zero-order chi connectivity index (χ0) is 19.9. The summed E-state index contributed by atoms with van der Waals surface area (Å²) in [5, 5.41) is 11.7. The number of halogens is 1. The maximum atomic E-state index is 12.9. The standard InChI is InChI=1S/C20H18FN3O3S/c1-26-17-9-3-13(11-18(17)27-2)16-8-10-20(24-23-16)28-12-19(25)22-15-6-4-14(21)5-7-15/h3-11H,12H2,1-2H3,(H,22,25). The van der Waals surface area contributed by atoms with E-state index in [1.54, 1.807) is 26.4 Å². The first kappa shape index (κ1) is 19.6. The molecule has 3 rings (SSSR count). The highest BCUT2D eigenvalue weighted by Gasteiger charge is 2.09. The van der Waals surface area contributed by atoms with Crippen LogP contribution in [0.25, 0.3) is 11.3 Å². The van der Waals surface area contributed by atoms with E-state index in [1.807, 2.05) is 18.2 Å². The number of nitrogens with one attached hydrogen (secondary N) is 1. The monoisotopic (exact) mass is 399 g/mol. The smallest absolute Gasteiger partial charge is 0.234 e. The number of anilines is 1. The molecule has 0 saturated heterocycles. The number of carbonyl (C=O) groups excluding carboxylic acids is 1. The third-order valence-electron chi connectivity index (χ3n) is 3.80. The highest BCUT2D eigenvalue weighted by molar-refractivity contribution is 7.99. The predicted octanol–water partition coefficient (Wildman–Crippen LogP) is 4.03. The van der Waals surface area contributed by atoms with Gasteiger partial charge in [-0.1, -0.05) is 11.8 Å². The Morgan fingerprint density at radius 3 is 2.39 bits per heavy atom. The Morgan fingerprint density at radius 1 is 1.00 bits per heavy atom. The van der Waals surface area contributed by atoms with Gasteiger partial charge in [-0.3, -0.25) is 4.79 Å². The second kappa shape index (κ2) is 9.18. The fourth-order valence-corrected chi connectivity index (χ4v) is 3.03. The molecule has 3 aromatic rings. The van der Waals surface area contributed by atoms with Crippen molar-refractivity contribution >= 4 is 23.4 Å². The molecule has 1 N–H and O–H groups in total. The van der Waals surface area contributed by atoms with Crippen LogP contribution in [0, 0.1) is 5.82 Å². The molecule has 1 amide bonds. The summed E-state index contributed by atoms with van der Waals surface area (Å²) in [7, 11) is 3.15. The number of nitrogens with zero attached hydrogens (tertiary/aromatic N) is 2. The van der Waals surface area contributed by atoms with E-state index >= 15 is 0 Å². The first-order chi connectivity index (χ1) is 13.6. The van der Waals surface area contributed by atoms with Crippen molar-refractivity contribution in [3.8, 4) is 22.8 Å². The highest BCUT2D eigenvalue weighted by Crippen LogP contribution is 2.31. The van der Waals surface area contributed by atoms with Crippen molar-refractivity contribution in [2.24, 2.45) is 0 Å². The molecule has 28 heavy (non-hydrogen) atoms. The number of methoxy groups -OCH3 is 2. The van der Waals surface area contributed by atoms with Gasteiger partial charge in [0.05, 0.1) is 25.7 Å². The molecule has 0 atom stereocenters. The van der Waals surface area contributed by atoms with Crippen molar-refractivity contribution in [1.82, 2.24) is 10.2 Å². The Kier molecular flexibility index (Phi) is 6.44. The van der Waals surface area contributed by atoms with Gasteiger partial charge < -0.3 is 14.8 Å². The number of ether oxygens (including phenoxy) is 2. The lowest BCUT2D eigenvalue weighted by molar-refractivity contribution is -0.113. The lowest BCUT2D eigenvalue weighted by atomic mass is 10.1. The number of thioether (sulfide) groups is 1. The Balaban J connectivity index is 1.60.